The molecule has 1 nitrogen and oxygen atoms in total. The van der Waals surface area contributed by atoms with Gasteiger partial charge in [-0.1, -0.05) is 61.0 Å². The van der Waals surface area contributed by atoms with Crippen molar-refractivity contribution in [2.24, 2.45) is 5.73 Å². The Morgan fingerprint density at radius 3 is 2.05 bits per heavy atom. The van der Waals surface area contributed by atoms with Crippen molar-refractivity contribution in [3.63, 3.8) is 0 Å². The van der Waals surface area contributed by atoms with Gasteiger partial charge in [0.15, 0.2) is 0 Å². The minimum atomic E-state index is 0.132. The minimum absolute atomic E-state index is 0.132. The molecule has 0 bridgehead atoms. The average molecular weight is 253 g/mol. The molecule has 0 spiro atoms. The third kappa shape index (κ3) is 3.93. The van der Waals surface area contributed by atoms with Gasteiger partial charge >= 0.3 is 0 Å². The second-order valence-corrected chi connectivity index (χ2v) is 5.23. The first-order chi connectivity index (χ1) is 9.19. The van der Waals surface area contributed by atoms with Crippen molar-refractivity contribution in [1.82, 2.24) is 0 Å². The Labute approximate surface area is 116 Å². The molecule has 0 amide bonds. The Bertz CT molecular complexity index is 496. The van der Waals surface area contributed by atoms with Gasteiger partial charge in [0.1, 0.15) is 0 Å². The summed E-state index contributed by atoms with van der Waals surface area (Å²) < 4.78 is 0. The molecule has 1 atom stereocenters. The molecule has 0 aromatic heterocycles. The van der Waals surface area contributed by atoms with E-state index in [2.05, 4.69) is 62.4 Å². The normalized spacial score (nSPS) is 12.4. The van der Waals surface area contributed by atoms with Crippen LogP contribution in [-0.2, 0) is 12.8 Å². The monoisotopic (exact) mass is 253 g/mol. The highest BCUT2D eigenvalue weighted by Crippen LogP contribution is 2.18. The summed E-state index contributed by atoms with van der Waals surface area (Å²) in [7, 11) is 0. The smallest absolute Gasteiger partial charge is 0.0298 e. The molecule has 0 saturated heterocycles. The number of nitrogens with two attached hydrogens (primary N) is 1. The predicted octanol–water partition coefficient (Wildman–Crippen LogP) is 4.19. The first-order valence-corrected chi connectivity index (χ1v) is 7.09. The number of benzene rings is 2. The molecule has 1 heteroatoms. The van der Waals surface area contributed by atoms with Crippen LogP contribution in [0.5, 0.6) is 0 Å². The van der Waals surface area contributed by atoms with Gasteiger partial charge in [-0.05, 0) is 42.9 Å². The summed E-state index contributed by atoms with van der Waals surface area (Å²) in [4.78, 5) is 0. The first-order valence-electron chi connectivity index (χ1n) is 7.09. The lowest BCUT2D eigenvalue weighted by atomic mass is 9.98. The van der Waals surface area contributed by atoms with Crippen molar-refractivity contribution in [2.45, 2.75) is 39.2 Å². The van der Waals surface area contributed by atoms with E-state index in [1.807, 2.05) is 0 Å². The molecule has 0 saturated carbocycles. The molecule has 2 rings (SSSR count). The first kappa shape index (κ1) is 13.8. The molecule has 2 N–H and O–H groups in total. The molecule has 0 aliphatic carbocycles. The minimum Gasteiger partial charge on any atom is -0.324 e. The van der Waals surface area contributed by atoms with Gasteiger partial charge in [0.2, 0.25) is 0 Å². The van der Waals surface area contributed by atoms with Crippen molar-refractivity contribution in [3.05, 3.63) is 70.8 Å². The number of hydrogen-bond acceptors (Lipinski definition) is 1. The Morgan fingerprint density at radius 1 is 0.895 bits per heavy atom. The third-order valence-corrected chi connectivity index (χ3v) is 3.68. The Balaban J connectivity index is 1.93. The van der Waals surface area contributed by atoms with E-state index in [9.17, 15) is 0 Å². The summed E-state index contributed by atoms with van der Waals surface area (Å²) in [6.45, 7) is 4.29. The largest absolute Gasteiger partial charge is 0.324 e. The van der Waals surface area contributed by atoms with Crippen LogP contribution in [0.1, 0.15) is 41.6 Å². The van der Waals surface area contributed by atoms with Gasteiger partial charge in [-0.25, -0.2) is 0 Å². The number of rotatable bonds is 5. The second kappa shape index (κ2) is 6.53. The summed E-state index contributed by atoms with van der Waals surface area (Å²) >= 11 is 0. The van der Waals surface area contributed by atoms with Crippen LogP contribution in [0.3, 0.4) is 0 Å². The van der Waals surface area contributed by atoms with Gasteiger partial charge in [-0.15, -0.1) is 0 Å². The molecule has 19 heavy (non-hydrogen) atoms. The zero-order valence-corrected chi connectivity index (χ0v) is 11.9. The standard InChI is InChI=1S/C18H23N/c1-3-15-8-11-17(12-9-15)18(19)13-10-16-6-4-14(2)5-7-16/h4-9,11-12,18H,3,10,13,19H2,1-2H3. The quantitative estimate of drug-likeness (QED) is 0.849. The van der Waals surface area contributed by atoms with Crippen molar-refractivity contribution in [1.29, 1.82) is 0 Å². The van der Waals surface area contributed by atoms with E-state index in [-0.39, 0.29) is 6.04 Å². The van der Waals surface area contributed by atoms with Crippen molar-refractivity contribution in [3.8, 4) is 0 Å². The zero-order chi connectivity index (χ0) is 13.7. The maximum Gasteiger partial charge on any atom is 0.0298 e. The molecule has 0 fully saturated rings. The maximum absolute atomic E-state index is 6.26. The molecule has 0 heterocycles. The highest BCUT2D eigenvalue weighted by molar-refractivity contribution is 5.26. The highest BCUT2D eigenvalue weighted by atomic mass is 14.6. The van der Waals surface area contributed by atoms with Crippen LogP contribution in [0.15, 0.2) is 48.5 Å². The topological polar surface area (TPSA) is 26.0 Å². The summed E-state index contributed by atoms with van der Waals surface area (Å²) in [6, 6.07) is 17.5. The Hall–Kier alpha value is -1.60. The average Bonchev–Trinajstić information content (AvgIpc) is 2.46. The van der Waals surface area contributed by atoms with E-state index in [4.69, 9.17) is 5.73 Å². The van der Waals surface area contributed by atoms with E-state index in [1.54, 1.807) is 0 Å². The highest BCUT2D eigenvalue weighted by Gasteiger charge is 2.06. The van der Waals surface area contributed by atoms with Crippen molar-refractivity contribution >= 4 is 0 Å². The van der Waals surface area contributed by atoms with Gasteiger partial charge in [0.05, 0.1) is 0 Å². The van der Waals surface area contributed by atoms with Gasteiger partial charge < -0.3 is 5.73 Å². The molecule has 2 aromatic carbocycles. The van der Waals surface area contributed by atoms with Gasteiger partial charge in [-0.2, -0.15) is 0 Å². The number of hydrogen-bond donors (Lipinski definition) is 1. The Morgan fingerprint density at radius 2 is 1.47 bits per heavy atom. The van der Waals surface area contributed by atoms with E-state index >= 15 is 0 Å². The predicted molar refractivity (Wildman–Crippen MR) is 82.2 cm³/mol. The molecule has 1 unspecified atom stereocenters. The fraction of sp³-hybridized carbons (Fsp3) is 0.333. The molecule has 0 aliphatic rings. The fourth-order valence-electron chi connectivity index (χ4n) is 2.24. The van der Waals surface area contributed by atoms with Gasteiger partial charge in [0, 0.05) is 6.04 Å². The van der Waals surface area contributed by atoms with E-state index in [0.717, 1.165) is 19.3 Å². The van der Waals surface area contributed by atoms with E-state index < -0.39 is 0 Å². The van der Waals surface area contributed by atoms with E-state index in [0.29, 0.717) is 0 Å². The molecule has 0 aliphatic heterocycles. The van der Waals surface area contributed by atoms with Crippen molar-refractivity contribution < 1.29 is 0 Å². The van der Waals surface area contributed by atoms with Crippen LogP contribution in [0.25, 0.3) is 0 Å². The van der Waals surface area contributed by atoms with Crippen LogP contribution < -0.4 is 5.73 Å². The van der Waals surface area contributed by atoms with Crippen LogP contribution in [0.4, 0.5) is 0 Å². The lowest BCUT2D eigenvalue weighted by Gasteiger charge is -2.12. The maximum atomic E-state index is 6.26. The molecule has 2 aromatic rings. The summed E-state index contributed by atoms with van der Waals surface area (Å²) in [5, 5.41) is 0. The summed E-state index contributed by atoms with van der Waals surface area (Å²) in [5.41, 5.74) is 11.5. The molecule has 100 valence electrons. The lowest BCUT2D eigenvalue weighted by molar-refractivity contribution is 0.651. The van der Waals surface area contributed by atoms with Crippen LogP contribution in [0.2, 0.25) is 0 Å². The van der Waals surface area contributed by atoms with Crippen molar-refractivity contribution in [2.75, 3.05) is 0 Å². The van der Waals surface area contributed by atoms with Crippen LogP contribution in [-0.4, -0.2) is 0 Å². The summed E-state index contributed by atoms with van der Waals surface area (Å²) in [6.07, 6.45) is 3.12. The molecular weight excluding hydrogens is 230 g/mol. The SMILES string of the molecule is CCc1ccc(C(N)CCc2ccc(C)cc2)cc1. The summed E-state index contributed by atoms with van der Waals surface area (Å²) in [5.74, 6) is 0. The Kier molecular flexibility index (Phi) is 4.75. The van der Waals surface area contributed by atoms with Crippen LogP contribution in [0, 0.1) is 6.92 Å². The fourth-order valence-corrected chi connectivity index (χ4v) is 2.24. The van der Waals surface area contributed by atoms with E-state index in [1.165, 1.54) is 22.3 Å². The molecule has 0 radical (unpaired) electrons. The van der Waals surface area contributed by atoms with Gasteiger partial charge in [0.25, 0.3) is 0 Å². The molecular formula is C18H23N. The zero-order valence-electron chi connectivity index (χ0n) is 11.9. The van der Waals surface area contributed by atoms with Gasteiger partial charge in [-0.3, -0.25) is 0 Å². The third-order valence-electron chi connectivity index (χ3n) is 3.68. The van der Waals surface area contributed by atoms with Crippen LogP contribution >= 0.6 is 0 Å². The number of aryl methyl sites for hydroxylation is 3. The lowest BCUT2D eigenvalue weighted by Crippen LogP contribution is -2.11. The second-order valence-electron chi connectivity index (χ2n) is 5.23.